The summed E-state index contributed by atoms with van der Waals surface area (Å²) >= 11 is 0. The third-order valence-electron chi connectivity index (χ3n) is 2.48. The molecule has 0 bridgehead atoms. The highest BCUT2D eigenvalue weighted by Gasteiger charge is 1.90. The van der Waals surface area contributed by atoms with Crippen molar-refractivity contribution in [3.8, 4) is 0 Å². The molecule has 0 aromatic rings. The first kappa shape index (κ1) is 14.9. The standard InChI is InChI=1S/C12H28N3/c1-2-3-4-5-6-7-8-9-14-10-11-15-12-13/h14-15H,1-13H2. The predicted molar refractivity (Wildman–Crippen MR) is 67.6 cm³/mol. The van der Waals surface area contributed by atoms with E-state index < -0.39 is 0 Å². The van der Waals surface area contributed by atoms with Gasteiger partial charge >= 0.3 is 0 Å². The number of nitrogens with one attached hydrogen (secondary N) is 2. The summed E-state index contributed by atoms with van der Waals surface area (Å²) in [5.41, 5.74) is 5.31. The van der Waals surface area contributed by atoms with Gasteiger partial charge in [0.25, 0.3) is 0 Å². The van der Waals surface area contributed by atoms with Crippen molar-refractivity contribution in [2.24, 2.45) is 5.73 Å². The van der Waals surface area contributed by atoms with E-state index in [1.807, 2.05) is 0 Å². The lowest BCUT2D eigenvalue weighted by atomic mass is 10.1. The lowest BCUT2D eigenvalue weighted by molar-refractivity contribution is 0.556. The highest BCUT2D eigenvalue weighted by atomic mass is 15.0. The van der Waals surface area contributed by atoms with Crippen LogP contribution < -0.4 is 16.4 Å². The summed E-state index contributed by atoms with van der Waals surface area (Å²) in [4.78, 5) is 0. The summed E-state index contributed by atoms with van der Waals surface area (Å²) in [6, 6.07) is 0. The molecule has 0 aromatic heterocycles. The van der Waals surface area contributed by atoms with Gasteiger partial charge in [0, 0.05) is 19.8 Å². The van der Waals surface area contributed by atoms with Crippen LogP contribution in [-0.2, 0) is 0 Å². The lowest BCUT2D eigenvalue weighted by Gasteiger charge is -2.04. The Morgan fingerprint density at radius 1 is 0.733 bits per heavy atom. The van der Waals surface area contributed by atoms with E-state index in [9.17, 15) is 0 Å². The minimum Gasteiger partial charge on any atom is -0.318 e. The molecule has 0 amide bonds. The molecule has 91 valence electrons. The molecule has 0 aliphatic carbocycles. The second kappa shape index (κ2) is 13.9. The van der Waals surface area contributed by atoms with E-state index in [4.69, 9.17) is 5.73 Å². The molecular weight excluding hydrogens is 186 g/mol. The molecule has 0 saturated carbocycles. The van der Waals surface area contributed by atoms with Gasteiger partial charge in [-0.1, -0.05) is 45.4 Å². The van der Waals surface area contributed by atoms with Crippen LogP contribution in [0.5, 0.6) is 0 Å². The van der Waals surface area contributed by atoms with Crippen LogP contribution in [0.3, 0.4) is 0 Å². The smallest absolute Gasteiger partial charge is 0.0429 e. The minimum atomic E-state index is 0.577. The summed E-state index contributed by atoms with van der Waals surface area (Å²) < 4.78 is 0. The number of hydrogen-bond acceptors (Lipinski definition) is 3. The first-order chi connectivity index (χ1) is 7.41. The van der Waals surface area contributed by atoms with Crippen molar-refractivity contribution in [3.63, 3.8) is 0 Å². The van der Waals surface area contributed by atoms with Gasteiger partial charge in [-0.2, -0.15) is 0 Å². The molecule has 0 heterocycles. The average molecular weight is 214 g/mol. The van der Waals surface area contributed by atoms with Crippen LogP contribution in [0, 0.1) is 6.92 Å². The van der Waals surface area contributed by atoms with Crippen LogP contribution >= 0.6 is 0 Å². The number of nitrogens with two attached hydrogens (primary N) is 1. The Balaban J connectivity index is 2.81. The fraction of sp³-hybridized carbons (Fsp3) is 0.917. The molecule has 15 heavy (non-hydrogen) atoms. The van der Waals surface area contributed by atoms with Crippen LogP contribution in [0.25, 0.3) is 0 Å². The minimum absolute atomic E-state index is 0.577. The van der Waals surface area contributed by atoms with Gasteiger partial charge in [-0.3, -0.25) is 0 Å². The fourth-order valence-electron chi connectivity index (χ4n) is 1.54. The monoisotopic (exact) mass is 214 g/mol. The molecule has 0 aliphatic heterocycles. The van der Waals surface area contributed by atoms with E-state index in [2.05, 4.69) is 17.6 Å². The SMILES string of the molecule is [CH2]CCCCCCCCNCCNCN. The number of rotatable bonds is 12. The molecule has 4 N–H and O–H groups in total. The quantitative estimate of drug-likeness (QED) is 0.342. The molecule has 0 saturated heterocycles. The Bertz CT molecular complexity index is 95.0. The van der Waals surface area contributed by atoms with Gasteiger partial charge in [-0.25, -0.2) is 0 Å². The van der Waals surface area contributed by atoms with Crippen LogP contribution in [0.1, 0.15) is 44.9 Å². The summed E-state index contributed by atoms with van der Waals surface area (Å²) in [5.74, 6) is 0. The molecule has 0 atom stereocenters. The third kappa shape index (κ3) is 13.9. The molecule has 0 spiro atoms. The Hall–Kier alpha value is -0.120. The zero-order valence-corrected chi connectivity index (χ0v) is 10.1. The van der Waals surface area contributed by atoms with Crippen molar-refractivity contribution in [2.75, 3.05) is 26.3 Å². The largest absolute Gasteiger partial charge is 0.318 e. The van der Waals surface area contributed by atoms with Crippen molar-refractivity contribution >= 4 is 0 Å². The highest BCUT2D eigenvalue weighted by Crippen LogP contribution is 2.05. The summed E-state index contributed by atoms with van der Waals surface area (Å²) in [7, 11) is 0. The van der Waals surface area contributed by atoms with Gasteiger partial charge in [-0.15, -0.1) is 0 Å². The second-order valence-corrected chi connectivity index (χ2v) is 3.93. The Morgan fingerprint density at radius 2 is 1.33 bits per heavy atom. The van der Waals surface area contributed by atoms with E-state index in [1.54, 1.807) is 0 Å². The van der Waals surface area contributed by atoms with Crippen molar-refractivity contribution in [2.45, 2.75) is 44.9 Å². The molecule has 0 aromatic carbocycles. The summed E-state index contributed by atoms with van der Waals surface area (Å²) in [5, 5.41) is 6.48. The Labute approximate surface area is 95.2 Å². The number of hydrogen-bond donors (Lipinski definition) is 3. The van der Waals surface area contributed by atoms with Gasteiger partial charge in [0.2, 0.25) is 0 Å². The first-order valence-electron chi connectivity index (χ1n) is 6.32. The molecule has 3 nitrogen and oxygen atoms in total. The summed E-state index contributed by atoms with van der Waals surface area (Å²) in [6.07, 6.45) is 9.16. The second-order valence-electron chi connectivity index (χ2n) is 3.93. The number of unbranched alkanes of at least 4 members (excludes halogenated alkanes) is 6. The van der Waals surface area contributed by atoms with E-state index in [-0.39, 0.29) is 0 Å². The van der Waals surface area contributed by atoms with Gasteiger partial charge in [0.1, 0.15) is 0 Å². The van der Waals surface area contributed by atoms with E-state index in [0.29, 0.717) is 6.67 Å². The molecule has 1 radical (unpaired) electrons. The maximum Gasteiger partial charge on any atom is 0.0429 e. The Kier molecular flexibility index (Phi) is 13.8. The van der Waals surface area contributed by atoms with E-state index >= 15 is 0 Å². The molecule has 3 heteroatoms. The molecule has 0 rings (SSSR count). The van der Waals surface area contributed by atoms with Gasteiger partial charge < -0.3 is 16.4 Å². The fourth-order valence-corrected chi connectivity index (χ4v) is 1.54. The summed E-state index contributed by atoms with van der Waals surface area (Å²) in [6.45, 7) is 7.56. The van der Waals surface area contributed by atoms with Crippen LogP contribution in [-0.4, -0.2) is 26.3 Å². The van der Waals surface area contributed by atoms with Crippen molar-refractivity contribution in [1.29, 1.82) is 0 Å². The lowest BCUT2D eigenvalue weighted by Crippen LogP contribution is -2.31. The molecule has 0 fully saturated rings. The van der Waals surface area contributed by atoms with Crippen LogP contribution in [0.2, 0.25) is 0 Å². The average Bonchev–Trinajstić information content (AvgIpc) is 2.26. The van der Waals surface area contributed by atoms with Crippen LogP contribution in [0.15, 0.2) is 0 Å². The predicted octanol–water partition coefficient (Wildman–Crippen LogP) is 1.65. The molecular formula is C12H28N3. The van der Waals surface area contributed by atoms with Crippen LogP contribution in [0.4, 0.5) is 0 Å². The van der Waals surface area contributed by atoms with Gasteiger partial charge in [-0.05, 0) is 13.0 Å². The zero-order valence-electron chi connectivity index (χ0n) is 10.1. The topological polar surface area (TPSA) is 50.1 Å². The third-order valence-corrected chi connectivity index (χ3v) is 2.48. The zero-order chi connectivity index (χ0) is 11.2. The van der Waals surface area contributed by atoms with Crippen molar-refractivity contribution < 1.29 is 0 Å². The van der Waals surface area contributed by atoms with E-state index in [0.717, 1.165) is 26.1 Å². The maximum atomic E-state index is 5.31. The van der Waals surface area contributed by atoms with Gasteiger partial charge in [0.05, 0.1) is 0 Å². The maximum absolute atomic E-state index is 5.31. The van der Waals surface area contributed by atoms with E-state index in [1.165, 1.54) is 38.5 Å². The van der Waals surface area contributed by atoms with Crippen molar-refractivity contribution in [1.82, 2.24) is 10.6 Å². The highest BCUT2D eigenvalue weighted by molar-refractivity contribution is 4.52. The van der Waals surface area contributed by atoms with Gasteiger partial charge in [0.15, 0.2) is 0 Å². The first-order valence-corrected chi connectivity index (χ1v) is 6.32. The molecule has 0 unspecified atom stereocenters. The Morgan fingerprint density at radius 3 is 2.00 bits per heavy atom. The normalized spacial score (nSPS) is 10.8. The van der Waals surface area contributed by atoms with Crippen molar-refractivity contribution in [3.05, 3.63) is 6.92 Å². The molecule has 0 aliphatic rings.